The molecule has 1 aromatic rings. The molecule has 0 aliphatic heterocycles. The zero-order valence-corrected chi connectivity index (χ0v) is 12.2. The molecule has 0 atom stereocenters. The van der Waals surface area contributed by atoms with E-state index in [1.807, 2.05) is 24.3 Å². The van der Waals surface area contributed by atoms with E-state index in [-0.39, 0.29) is 5.91 Å². The van der Waals surface area contributed by atoms with Crippen molar-refractivity contribution < 1.29 is 4.79 Å². The summed E-state index contributed by atoms with van der Waals surface area (Å²) >= 11 is 2.22. The second-order valence-corrected chi connectivity index (χ2v) is 5.96. The van der Waals surface area contributed by atoms with Crippen LogP contribution in [0.4, 0.5) is 5.69 Å². The molecule has 1 aliphatic carbocycles. The summed E-state index contributed by atoms with van der Waals surface area (Å²) in [6.07, 6.45) is 4.42. The Morgan fingerprint density at radius 2 is 1.83 bits per heavy atom. The van der Waals surface area contributed by atoms with Crippen molar-refractivity contribution in [3.8, 4) is 6.07 Å². The lowest BCUT2D eigenvalue weighted by atomic mass is 9.74. The van der Waals surface area contributed by atoms with Crippen LogP contribution in [0.1, 0.15) is 32.1 Å². The number of nitrogens with one attached hydrogen (secondary N) is 1. The van der Waals surface area contributed by atoms with E-state index in [1.165, 1.54) is 0 Å². The van der Waals surface area contributed by atoms with Gasteiger partial charge in [-0.3, -0.25) is 4.79 Å². The molecule has 1 aromatic carbocycles. The highest BCUT2D eigenvalue weighted by molar-refractivity contribution is 14.1. The second kappa shape index (κ2) is 5.70. The normalized spacial score (nSPS) is 17.8. The summed E-state index contributed by atoms with van der Waals surface area (Å²) < 4.78 is 1.12. The van der Waals surface area contributed by atoms with E-state index < -0.39 is 5.41 Å². The molecular formula is C14H15IN2O. The molecule has 0 aromatic heterocycles. The van der Waals surface area contributed by atoms with Gasteiger partial charge >= 0.3 is 0 Å². The molecule has 0 bridgehead atoms. The fourth-order valence-corrected chi connectivity index (χ4v) is 2.69. The van der Waals surface area contributed by atoms with Crippen LogP contribution in [-0.4, -0.2) is 5.91 Å². The average molecular weight is 354 g/mol. The van der Waals surface area contributed by atoms with Gasteiger partial charge in [0.25, 0.3) is 0 Å². The smallest absolute Gasteiger partial charge is 0.244 e. The van der Waals surface area contributed by atoms with Crippen LogP contribution in [0.15, 0.2) is 24.3 Å². The van der Waals surface area contributed by atoms with Crippen molar-refractivity contribution in [3.05, 3.63) is 27.8 Å². The third-order valence-corrected chi connectivity index (χ3v) is 4.18. The largest absolute Gasteiger partial charge is 0.325 e. The zero-order valence-electron chi connectivity index (χ0n) is 10.1. The van der Waals surface area contributed by atoms with Crippen molar-refractivity contribution >= 4 is 34.2 Å². The monoisotopic (exact) mass is 354 g/mol. The van der Waals surface area contributed by atoms with Crippen LogP contribution < -0.4 is 5.32 Å². The van der Waals surface area contributed by atoms with Gasteiger partial charge in [-0.05, 0) is 59.7 Å². The second-order valence-electron chi connectivity index (χ2n) is 4.72. The molecule has 18 heavy (non-hydrogen) atoms. The fourth-order valence-electron chi connectivity index (χ4n) is 2.33. The Balaban J connectivity index is 2.11. The van der Waals surface area contributed by atoms with Gasteiger partial charge in [-0.15, -0.1) is 0 Å². The molecule has 1 saturated carbocycles. The Hall–Kier alpha value is -1.09. The minimum absolute atomic E-state index is 0.147. The number of rotatable bonds is 2. The lowest BCUT2D eigenvalue weighted by Gasteiger charge is -2.29. The van der Waals surface area contributed by atoms with E-state index in [2.05, 4.69) is 34.0 Å². The number of carbonyl (C=O) groups is 1. The number of anilines is 1. The van der Waals surface area contributed by atoms with E-state index >= 15 is 0 Å². The van der Waals surface area contributed by atoms with E-state index in [0.29, 0.717) is 12.8 Å². The highest BCUT2D eigenvalue weighted by Gasteiger charge is 2.39. The first kappa shape index (κ1) is 13.3. The maximum Gasteiger partial charge on any atom is 0.244 e. The Bertz CT molecular complexity index is 470. The van der Waals surface area contributed by atoms with Gasteiger partial charge in [0.15, 0.2) is 0 Å². The maximum absolute atomic E-state index is 12.3. The lowest BCUT2D eigenvalue weighted by molar-refractivity contribution is -0.124. The van der Waals surface area contributed by atoms with E-state index in [0.717, 1.165) is 28.5 Å². The number of benzene rings is 1. The summed E-state index contributed by atoms with van der Waals surface area (Å²) in [5.74, 6) is -0.147. The van der Waals surface area contributed by atoms with Crippen molar-refractivity contribution in [1.29, 1.82) is 5.26 Å². The number of carbonyl (C=O) groups excluding carboxylic acids is 1. The van der Waals surface area contributed by atoms with E-state index in [1.54, 1.807) is 0 Å². The Morgan fingerprint density at radius 3 is 2.39 bits per heavy atom. The number of amides is 1. The number of nitriles is 1. The quantitative estimate of drug-likeness (QED) is 0.824. The molecule has 0 heterocycles. The third kappa shape index (κ3) is 2.83. The number of halogens is 1. The summed E-state index contributed by atoms with van der Waals surface area (Å²) in [5, 5.41) is 12.2. The lowest BCUT2D eigenvalue weighted by Crippen LogP contribution is -2.36. The molecule has 1 aliphatic rings. The Morgan fingerprint density at radius 1 is 1.22 bits per heavy atom. The Labute approximate surface area is 121 Å². The molecule has 1 fully saturated rings. The van der Waals surface area contributed by atoms with Crippen molar-refractivity contribution in [2.45, 2.75) is 32.1 Å². The van der Waals surface area contributed by atoms with Crippen molar-refractivity contribution in [3.63, 3.8) is 0 Å². The number of hydrogen-bond donors (Lipinski definition) is 1. The van der Waals surface area contributed by atoms with Gasteiger partial charge < -0.3 is 5.32 Å². The van der Waals surface area contributed by atoms with Crippen LogP contribution >= 0.6 is 22.6 Å². The number of hydrogen-bond acceptors (Lipinski definition) is 2. The van der Waals surface area contributed by atoms with Gasteiger partial charge in [0.05, 0.1) is 6.07 Å². The molecule has 3 nitrogen and oxygen atoms in total. The molecule has 0 unspecified atom stereocenters. The van der Waals surface area contributed by atoms with Crippen LogP contribution in [0.25, 0.3) is 0 Å². The van der Waals surface area contributed by atoms with Gasteiger partial charge in [-0.25, -0.2) is 0 Å². The first-order chi connectivity index (χ1) is 8.66. The first-order valence-corrected chi connectivity index (χ1v) is 7.22. The van der Waals surface area contributed by atoms with Crippen LogP contribution in [-0.2, 0) is 4.79 Å². The van der Waals surface area contributed by atoms with E-state index in [4.69, 9.17) is 0 Å². The summed E-state index contributed by atoms with van der Waals surface area (Å²) in [6.45, 7) is 0. The van der Waals surface area contributed by atoms with Gasteiger partial charge in [0, 0.05) is 9.26 Å². The highest BCUT2D eigenvalue weighted by atomic mass is 127. The SMILES string of the molecule is N#CC1(C(=O)Nc2ccc(I)cc2)CCCCC1. The van der Waals surface area contributed by atoms with Crippen LogP contribution in [0, 0.1) is 20.3 Å². The average Bonchev–Trinajstić information content (AvgIpc) is 2.42. The summed E-state index contributed by atoms with van der Waals surface area (Å²) in [5.41, 5.74) is -0.0538. The van der Waals surface area contributed by atoms with Gasteiger partial charge in [0.1, 0.15) is 5.41 Å². The van der Waals surface area contributed by atoms with Gasteiger partial charge in [0.2, 0.25) is 5.91 Å². The molecule has 4 heteroatoms. The Kier molecular flexibility index (Phi) is 4.23. The molecule has 0 saturated heterocycles. The fraction of sp³-hybridized carbons (Fsp3) is 0.429. The molecule has 0 radical (unpaired) electrons. The predicted molar refractivity (Wildman–Crippen MR) is 78.9 cm³/mol. The number of nitrogens with zero attached hydrogens (tertiary/aromatic N) is 1. The minimum atomic E-state index is -0.818. The molecular weight excluding hydrogens is 339 g/mol. The molecule has 94 valence electrons. The van der Waals surface area contributed by atoms with Crippen molar-refractivity contribution in [2.75, 3.05) is 5.32 Å². The van der Waals surface area contributed by atoms with Crippen LogP contribution in [0.5, 0.6) is 0 Å². The maximum atomic E-state index is 12.3. The van der Waals surface area contributed by atoms with Crippen LogP contribution in [0.2, 0.25) is 0 Å². The van der Waals surface area contributed by atoms with Gasteiger partial charge in [-0.1, -0.05) is 19.3 Å². The molecule has 1 amide bonds. The molecule has 0 spiro atoms. The van der Waals surface area contributed by atoms with Crippen molar-refractivity contribution in [2.24, 2.45) is 5.41 Å². The summed E-state index contributed by atoms with van der Waals surface area (Å²) in [6, 6.07) is 9.85. The van der Waals surface area contributed by atoms with Crippen molar-refractivity contribution in [1.82, 2.24) is 0 Å². The highest BCUT2D eigenvalue weighted by Crippen LogP contribution is 2.36. The predicted octanol–water partition coefficient (Wildman–Crippen LogP) is 3.70. The van der Waals surface area contributed by atoms with Gasteiger partial charge in [-0.2, -0.15) is 5.26 Å². The molecule has 2 rings (SSSR count). The summed E-state index contributed by atoms with van der Waals surface area (Å²) in [4.78, 5) is 12.3. The minimum Gasteiger partial charge on any atom is -0.325 e. The zero-order chi connectivity index (χ0) is 13.0. The standard InChI is InChI=1S/C14H15IN2O/c15-11-4-6-12(7-5-11)17-13(18)14(10-16)8-2-1-3-9-14/h4-7H,1-3,8-9H2,(H,17,18). The van der Waals surface area contributed by atoms with Crippen LogP contribution in [0.3, 0.4) is 0 Å². The molecule has 1 N–H and O–H groups in total. The summed E-state index contributed by atoms with van der Waals surface area (Å²) in [7, 11) is 0. The third-order valence-electron chi connectivity index (χ3n) is 3.46. The first-order valence-electron chi connectivity index (χ1n) is 6.15. The topological polar surface area (TPSA) is 52.9 Å². The van der Waals surface area contributed by atoms with E-state index in [9.17, 15) is 10.1 Å².